The molecule has 1 amide bonds. The van der Waals surface area contributed by atoms with E-state index in [-0.39, 0.29) is 17.8 Å². The molecule has 0 bridgehead atoms. The average Bonchev–Trinajstić information content (AvgIpc) is 3.05. The van der Waals surface area contributed by atoms with Crippen LogP contribution in [0.15, 0.2) is 42.5 Å². The normalized spacial score (nSPS) is 16.5. The van der Waals surface area contributed by atoms with Gasteiger partial charge < -0.3 is 4.90 Å². The van der Waals surface area contributed by atoms with Crippen molar-refractivity contribution in [1.82, 2.24) is 19.9 Å². The SMILES string of the molecule is Cn1nnc2c1CCC(N(Cc1ccc3ccccc3c1)C(=O)CCl)C2. The van der Waals surface area contributed by atoms with Gasteiger partial charge in [-0.25, -0.2) is 0 Å². The standard InChI is InChI=1S/C20H21ClN4O/c1-24-19-9-8-17(11-18(19)22-23-24)25(20(26)12-21)13-14-6-7-15-4-2-3-5-16(15)10-14/h2-7,10,17H,8-9,11-13H2,1H3. The van der Waals surface area contributed by atoms with Crippen LogP contribution in [0.1, 0.15) is 23.4 Å². The Morgan fingerprint density at radius 1 is 1.27 bits per heavy atom. The van der Waals surface area contributed by atoms with Crippen LogP contribution in [0.2, 0.25) is 0 Å². The Kier molecular flexibility index (Phi) is 4.64. The summed E-state index contributed by atoms with van der Waals surface area (Å²) in [6.45, 7) is 0.566. The van der Waals surface area contributed by atoms with Gasteiger partial charge in [0, 0.05) is 26.1 Å². The minimum Gasteiger partial charge on any atom is -0.334 e. The Bertz CT molecular complexity index is 952. The maximum absolute atomic E-state index is 12.5. The number of fused-ring (bicyclic) bond motifs is 2. The maximum atomic E-state index is 12.5. The van der Waals surface area contributed by atoms with Gasteiger partial charge in [0.2, 0.25) is 5.91 Å². The monoisotopic (exact) mass is 368 g/mol. The van der Waals surface area contributed by atoms with E-state index >= 15 is 0 Å². The lowest BCUT2D eigenvalue weighted by molar-refractivity contribution is -0.131. The molecule has 0 fully saturated rings. The molecule has 1 aliphatic carbocycles. The Morgan fingerprint density at radius 2 is 2.08 bits per heavy atom. The molecule has 0 saturated heterocycles. The highest BCUT2D eigenvalue weighted by Crippen LogP contribution is 2.25. The van der Waals surface area contributed by atoms with E-state index in [0.29, 0.717) is 6.54 Å². The molecule has 0 saturated carbocycles. The average molecular weight is 369 g/mol. The van der Waals surface area contributed by atoms with E-state index in [2.05, 4.69) is 40.6 Å². The van der Waals surface area contributed by atoms with Crippen LogP contribution in [0.4, 0.5) is 0 Å². The summed E-state index contributed by atoms with van der Waals surface area (Å²) in [6.07, 6.45) is 2.52. The predicted octanol–water partition coefficient (Wildman–Crippen LogP) is 3.09. The topological polar surface area (TPSA) is 51.0 Å². The second kappa shape index (κ2) is 7.08. The summed E-state index contributed by atoms with van der Waals surface area (Å²) in [6, 6.07) is 14.7. The molecule has 6 heteroatoms. The molecular weight excluding hydrogens is 348 g/mol. The maximum Gasteiger partial charge on any atom is 0.238 e. The molecule has 1 aliphatic rings. The molecule has 134 valence electrons. The summed E-state index contributed by atoms with van der Waals surface area (Å²) in [5.41, 5.74) is 3.28. The fraction of sp³-hybridized carbons (Fsp3) is 0.350. The molecule has 1 atom stereocenters. The minimum atomic E-state index is -0.0304. The summed E-state index contributed by atoms with van der Waals surface area (Å²) < 4.78 is 1.84. The van der Waals surface area contributed by atoms with Gasteiger partial charge in [-0.05, 0) is 35.2 Å². The Hall–Kier alpha value is -2.40. The van der Waals surface area contributed by atoms with Crippen molar-refractivity contribution in [2.45, 2.75) is 31.8 Å². The summed E-state index contributed by atoms with van der Waals surface area (Å²) in [5, 5.41) is 10.8. The van der Waals surface area contributed by atoms with E-state index in [1.54, 1.807) is 0 Å². The second-order valence-corrected chi connectivity index (χ2v) is 7.11. The van der Waals surface area contributed by atoms with E-state index in [1.807, 2.05) is 28.8 Å². The van der Waals surface area contributed by atoms with Crippen molar-refractivity contribution in [3.8, 4) is 0 Å². The van der Waals surface area contributed by atoms with E-state index < -0.39 is 0 Å². The number of aromatic nitrogens is 3. The lowest BCUT2D eigenvalue weighted by Crippen LogP contribution is -2.43. The number of carbonyl (C=O) groups is 1. The van der Waals surface area contributed by atoms with Crippen molar-refractivity contribution in [3.63, 3.8) is 0 Å². The third-order valence-electron chi connectivity index (χ3n) is 5.21. The van der Waals surface area contributed by atoms with Crippen LogP contribution in [0, 0.1) is 0 Å². The van der Waals surface area contributed by atoms with E-state index in [9.17, 15) is 4.79 Å². The van der Waals surface area contributed by atoms with Gasteiger partial charge in [0.1, 0.15) is 5.88 Å². The van der Waals surface area contributed by atoms with Crippen LogP contribution in [0.25, 0.3) is 10.8 Å². The number of hydrogen-bond donors (Lipinski definition) is 0. The number of alkyl halides is 1. The van der Waals surface area contributed by atoms with Crippen LogP contribution in [0.5, 0.6) is 0 Å². The van der Waals surface area contributed by atoms with Gasteiger partial charge >= 0.3 is 0 Å². The van der Waals surface area contributed by atoms with E-state index in [0.717, 1.165) is 30.5 Å². The van der Waals surface area contributed by atoms with Crippen LogP contribution in [-0.4, -0.2) is 37.7 Å². The summed E-state index contributed by atoms with van der Waals surface area (Å²) in [5.74, 6) is -0.0330. The van der Waals surface area contributed by atoms with Crippen molar-refractivity contribution in [2.75, 3.05) is 5.88 Å². The molecule has 2 aromatic carbocycles. The van der Waals surface area contributed by atoms with E-state index in [4.69, 9.17) is 11.6 Å². The molecule has 1 aromatic heterocycles. The van der Waals surface area contributed by atoms with Crippen molar-refractivity contribution >= 4 is 28.3 Å². The Balaban J connectivity index is 1.59. The smallest absolute Gasteiger partial charge is 0.238 e. The lowest BCUT2D eigenvalue weighted by Gasteiger charge is -2.33. The third-order valence-corrected chi connectivity index (χ3v) is 5.44. The van der Waals surface area contributed by atoms with Crippen LogP contribution >= 0.6 is 11.6 Å². The van der Waals surface area contributed by atoms with Crippen molar-refractivity contribution in [3.05, 3.63) is 59.4 Å². The molecule has 1 heterocycles. The van der Waals surface area contributed by atoms with Crippen molar-refractivity contribution in [1.29, 1.82) is 0 Å². The predicted molar refractivity (Wildman–Crippen MR) is 102 cm³/mol. The summed E-state index contributed by atoms with van der Waals surface area (Å²) >= 11 is 5.91. The fourth-order valence-electron chi connectivity index (χ4n) is 3.81. The number of nitrogens with zero attached hydrogens (tertiary/aromatic N) is 4. The number of benzene rings is 2. The van der Waals surface area contributed by atoms with Gasteiger partial charge in [-0.3, -0.25) is 9.48 Å². The van der Waals surface area contributed by atoms with Gasteiger partial charge in [0.25, 0.3) is 0 Å². The van der Waals surface area contributed by atoms with Crippen LogP contribution < -0.4 is 0 Å². The third kappa shape index (κ3) is 3.19. The minimum absolute atomic E-state index is 0.00257. The summed E-state index contributed by atoms with van der Waals surface area (Å²) in [7, 11) is 1.92. The Morgan fingerprint density at radius 3 is 2.88 bits per heavy atom. The van der Waals surface area contributed by atoms with Gasteiger partial charge in [-0.1, -0.05) is 41.6 Å². The number of amides is 1. The fourth-order valence-corrected chi connectivity index (χ4v) is 3.96. The highest BCUT2D eigenvalue weighted by atomic mass is 35.5. The van der Waals surface area contributed by atoms with Gasteiger partial charge in [0.15, 0.2) is 0 Å². The Labute approximate surface area is 157 Å². The first-order chi connectivity index (χ1) is 12.7. The van der Waals surface area contributed by atoms with Gasteiger partial charge in [0.05, 0.1) is 11.4 Å². The number of hydrogen-bond acceptors (Lipinski definition) is 3. The van der Waals surface area contributed by atoms with Crippen LogP contribution in [0.3, 0.4) is 0 Å². The zero-order chi connectivity index (χ0) is 18.1. The quantitative estimate of drug-likeness (QED) is 0.665. The molecule has 0 radical (unpaired) electrons. The second-order valence-electron chi connectivity index (χ2n) is 6.84. The first kappa shape index (κ1) is 17.0. The zero-order valence-corrected chi connectivity index (χ0v) is 15.5. The van der Waals surface area contributed by atoms with Crippen molar-refractivity contribution in [2.24, 2.45) is 7.05 Å². The molecular formula is C20H21ClN4O. The highest BCUT2D eigenvalue weighted by molar-refractivity contribution is 6.27. The number of rotatable bonds is 4. The number of aryl methyl sites for hydroxylation is 1. The molecule has 3 aromatic rings. The first-order valence-corrected chi connectivity index (χ1v) is 9.39. The molecule has 0 spiro atoms. The first-order valence-electron chi connectivity index (χ1n) is 8.86. The van der Waals surface area contributed by atoms with Crippen LogP contribution in [-0.2, 0) is 31.2 Å². The zero-order valence-electron chi connectivity index (χ0n) is 14.7. The van der Waals surface area contributed by atoms with Gasteiger partial charge in [-0.2, -0.15) is 0 Å². The number of carbonyl (C=O) groups excluding carboxylic acids is 1. The molecule has 0 N–H and O–H groups in total. The molecule has 4 rings (SSSR count). The number of halogens is 1. The highest BCUT2D eigenvalue weighted by Gasteiger charge is 2.30. The molecule has 0 aliphatic heterocycles. The van der Waals surface area contributed by atoms with E-state index in [1.165, 1.54) is 16.5 Å². The van der Waals surface area contributed by atoms with Gasteiger partial charge in [-0.15, -0.1) is 16.7 Å². The lowest BCUT2D eigenvalue weighted by atomic mass is 9.94. The summed E-state index contributed by atoms with van der Waals surface area (Å²) in [4.78, 5) is 14.5. The molecule has 1 unspecified atom stereocenters. The largest absolute Gasteiger partial charge is 0.334 e. The van der Waals surface area contributed by atoms with Crippen molar-refractivity contribution < 1.29 is 4.79 Å². The molecule has 5 nitrogen and oxygen atoms in total. The molecule has 26 heavy (non-hydrogen) atoms.